The highest BCUT2D eigenvalue weighted by Gasteiger charge is 2.19. The average Bonchev–Trinajstić information content (AvgIpc) is 2.46. The Balaban J connectivity index is 2.37. The summed E-state index contributed by atoms with van der Waals surface area (Å²) in [6.45, 7) is 1.85. The molecule has 2 aromatic rings. The van der Waals surface area contributed by atoms with Crippen LogP contribution in [-0.4, -0.2) is 0 Å². The molecule has 112 valence electrons. The van der Waals surface area contributed by atoms with E-state index in [1.165, 1.54) is 18.2 Å². The fourth-order valence-corrected chi connectivity index (χ4v) is 2.75. The van der Waals surface area contributed by atoms with Crippen LogP contribution in [0.15, 0.2) is 34.8 Å². The molecule has 0 bridgehead atoms. The van der Waals surface area contributed by atoms with Crippen molar-refractivity contribution in [3.63, 3.8) is 0 Å². The van der Waals surface area contributed by atoms with Crippen molar-refractivity contribution in [3.05, 3.63) is 68.9 Å². The lowest BCUT2D eigenvalue weighted by molar-refractivity contribution is 0.491. The van der Waals surface area contributed by atoms with Gasteiger partial charge in [-0.05, 0) is 64.2 Å². The third kappa shape index (κ3) is 3.45. The number of hydrogen-bond donors (Lipinski definition) is 2. The molecule has 1 atom stereocenters. The summed E-state index contributed by atoms with van der Waals surface area (Å²) in [6, 6.07) is 6.46. The number of halogens is 4. The number of rotatable bonds is 4. The molecule has 1 unspecified atom stereocenters. The first-order chi connectivity index (χ1) is 9.93. The minimum atomic E-state index is -0.969. The predicted molar refractivity (Wildman–Crippen MR) is 79.0 cm³/mol. The van der Waals surface area contributed by atoms with Crippen molar-refractivity contribution < 1.29 is 13.2 Å². The minimum absolute atomic E-state index is 0.0134. The third-order valence-corrected chi connectivity index (χ3v) is 4.18. The van der Waals surface area contributed by atoms with Gasteiger partial charge in [0.25, 0.3) is 0 Å². The largest absolute Gasteiger partial charge is 0.271 e. The van der Waals surface area contributed by atoms with Crippen LogP contribution in [0.5, 0.6) is 0 Å². The zero-order valence-electron chi connectivity index (χ0n) is 11.3. The molecular formula is C15H14BrF3N2. The first-order valence-corrected chi connectivity index (χ1v) is 7.08. The lowest BCUT2D eigenvalue weighted by Crippen LogP contribution is -2.30. The molecule has 2 aromatic carbocycles. The Hall–Kier alpha value is -1.37. The van der Waals surface area contributed by atoms with Gasteiger partial charge in [0, 0.05) is 0 Å². The minimum Gasteiger partial charge on any atom is -0.271 e. The molecule has 0 heterocycles. The normalized spacial score (nSPS) is 12.5. The maximum atomic E-state index is 13.6. The summed E-state index contributed by atoms with van der Waals surface area (Å²) in [5.41, 5.74) is 4.68. The molecule has 0 saturated carbocycles. The zero-order valence-corrected chi connectivity index (χ0v) is 12.8. The number of hydrogen-bond acceptors (Lipinski definition) is 2. The Kier molecular flexibility index (Phi) is 5.03. The fourth-order valence-electron chi connectivity index (χ4n) is 2.15. The second kappa shape index (κ2) is 6.60. The van der Waals surface area contributed by atoms with Crippen molar-refractivity contribution >= 4 is 15.9 Å². The van der Waals surface area contributed by atoms with Crippen LogP contribution in [0.1, 0.15) is 22.7 Å². The fraction of sp³-hybridized carbons (Fsp3) is 0.200. The van der Waals surface area contributed by atoms with Gasteiger partial charge in [-0.1, -0.05) is 12.1 Å². The molecule has 0 aliphatic heterocycles. The average molecular weight is 359 g/mol. The monoisotopic (exact) mass is 358 g/mol. The summed E-state index contributed by atoms with van der Waals surface area (Å²) in [5.74, 6) is 3.26. The van der Waals surface area contributed by atoms with Gasteiger partial charge in [-0.25, -0.2) is 13.2 Å². The molecule has 2 nitrogen and oxygen atoms in total. The Morgan fingerprint density at radius 1 is 1.19 bits per heavy atom. The van der Waals surface area contributed by atoms with Gasteiger partial charge in [0.2, 0.25) is 0 Å². The summed E-state index contributed by atoms with van der Waals surface area (Å²) >= 11 is 3.03. The quantitative estimate of drug-likeness (QED) is 0.493. The van der Waals surface area contributed by atoms with E-state index in [4.69, 9.17) is 5.84 Å². The summed E-state index contributed by atoms with van der Waals surface area (Å²) in [6.07, 6.45) is 0.351. The Labute approximate surface area is 129 Å². The smallest absolute Gasteiger partial charge is 0.173 e. The first-order valence-electron chi connectivity index (χ1n) is 6.28. The molecule has 3 N–H and O–H groups in total. The van der Waals surface area contributed by atoms with E-state index in [1.54, 1.807) is 6.07 Å². The van der Waals surface area contributed by atoms with Gasteiger partial charge in [-0.3, -0.25) is 11.3 Å². The number of nitrogens with one attached hydrogen (secondary N) is 1. The van der Waals surface area contributed by atoms with Crippen LogP contribution < -0.4 is 11.3 Å². The standard InChI is InChI=1S/C15H14BrF3N2/c1-8-2-3-10(17)6-9(8)7-13(21-20)11-4-5-12(18)15(19)14(11)16/h2-6,13,21H,7,20H2,1H3. The topological polar surface area (TPSA) is 38.0 Å². The van der Waals surface area contributed by atoms with Crippen molar-refractivity contribution in [2.45, 2.75) is 19.4 Å². The molecule has 6 heteroatoms. The third-order valence-electron chi connectivity index (χ3n) is 3.38. The molecule has 0 aliphatic carbocycles. The van der Waals surface area contributed by atoms with E-state index in [2.05, 4.69) is 21.4 Å². The van der Waals surface area contributed by atoms with Crippen LogP contribution in [0.4, 0.5) is 13.2 Å². The number of hydrazine groups is 1. The van der Waals surface area contributed by atoms with Crippen LogP contribution in [0, 0.1) is 24.4 Å². The van der Waals surface area contributed by atoms with Crippen molar-refractivity contribution in [3.8, 4) is 0 Å². The van der Waals surface area contributed by atoms with Gasteiger partial charge in [-0.15, -0.1) is 0 Å². The van der Waals surface area contributed by atoms with Crippen molar-refractivity contribution in [2.75, 3.05) is 0 Å². The van der Waals surface area contributed by atoms with Crippen LogP contribution in [-0.2, 0) is 6.42 Å². The summed E-state index contributed by atoms with van der Waals surface area (Å²) in [7, 11) is 0. The number of aryl methyl sites for hydroxylation is 1. The maximum Gasteiger partial charge on any atom is 0.173 e. The molecule has 21 heavy (non-hydrogen) atoms. The molecule has 0 aromatic heterocycles. The van der Waals surface area contributed by atoms with Crippen LogP contribution >= 0.6 is 15.9 Å². The van der Waals surface area contributed by atoms with Crippen LogP contribution in [0.2, 0.25) is 0 Å². The van der Waals surface area contributed by atoms with Gasteiger partial charge in [-0.2, -0.15) is 0 Å². The van der Waals surface area contributed by atoms with E-state index >= 15 is 0 Å². The molecule has 2 rings (SSSR count). The van der Waals surface area contributed by atoms with Crippen molar-refractivity contribution in [1.82, 2.24) is 5.43 Å². The summed E-state index contributed by atoms with van der Waals surface area (Å²) in [4.78, 5) is 0. The van der Waals surface area contributed by atoms with E-state index in [9.17, 15) is 13.2 Å². The molecule has 0 aliphatic rings. The molecule has 0 amide bonds. The molecule has 0 saturated heterocycles. The van der Waals surface area contributed by atoms with Gasteiger partial charge in [0.05, 0.1) is 10.5 Å². The molecule has 0 radical (unpaired) electrons. The highest BCUT2D eigenvalue weighted by atomic mass is 79.9. The van der Waals surface area contributed by atoms with E-state index < -0.39 is 17.7 Å². The van der Waals surface area contributed by atoms with Gasteiger partial charge < -0.3 is 0 Å². The molecular weight excluding hydrogens is 345 g/mol. The highest BCUT2D eigenvalue weighted by molar-refractivity contribution is 9.10. The molecule has 0 fully saturated rings. The van der Waals surface area contributed by atoms with E-state index in [-0.39, 0.29) is 10.3 Å². The number of nitrogens with two attached hydrogens (primary N) is 1. The van der Waals surface area contributed by atoms with E-state index in [0.717, 1.165) is 17.2 Å². The second-order valence-corrected chi connectivity index (χ2v) is 5.55. The van der Waals surface area contributed by atoms with Gasteiger partial charge >= 0.3 is 0 Å². The van der Waals surface area contributed by atoms with Crippen LogP contribution in [0.3, 0.4) is 0 Å². The highest BCUT2D eigenvalue weighted by Crippen LogP contribution is 2.30. The Bertz CT molecular complexity index is 662. The van der Waals surface area contributed by atoms with Crippen LogP contribution in [0.25, 0.3) is 0 Å². The lowest BCUT2D eigenvalue weighted by Gasteiger charge is -2.19. The zero-order chi connectivity index (χ0) is 15.6. The first kappa shape index (κ1) is 16.0. The maximum absolute atomic E-state index is 13.6. The molecule has 0 spiro atoms. The Morgan fingerprint density at radius 2 is 1.90 bits per heavy atom. The summed E-state index contributed by atoms with van der Waals surface area (Å²) in [5, 5.41) is 0. The van der Waals surface area contributed by atoms with Gasteiger partial charge in [0.1, 0.15) is 5.82 Å². The SMILES string of the molecule is Cc1ccc(F)cc1CC(NN)c1ccc(F)c(F)c1Br. The number of benzene rings is 2. The van der Waals surface area contributed by atoms with E-state index in [0.29, 0.717) is 12.0 Å². The van der Waals surface area contributed by atoms with Crippen molar-refractivity contribution in [2.24, 2.45) is 5.84 Å². The predicted octanol–water partition coefficient (Wildman–Crippen LogP) is 3.92. The van der Waals surface area contributed by atoms with Crippen molar-refractivity contribution in [1.29, 1.82) is 0 Å². The lowest BCUT2D eigenvalue weighted by atomic mass is 9.96. The summed E-state index contributed by atoms with van der Waals surface area (Å²) < 4.78 is 40.1. The Morgan fingerprint density at radius 3 is 2.57 bits per heavy atom. The van der Waals surface area contributed by atoms with Gasteiger partial charge in [0.15, 0.2) is 11.6 Å². The second-order valence-electron chi connectivity index (χ2n) is 4.76. The van der Waals surface area contributed by atoms with E-state index in [1.807, 2.05) is 6.92 Å².